The van der Waals surface area contributed by atoms with Crippen molar-refractivity contribution >= 4 is 21.4 Å². The van der Waals surface area contributed by atoms with Crippen molar-refractivity contribution in [3.8, 4) is 0 Å². The molecular formula is C16H29NO12S2. The molecule has 2 aliphatic heterocycles. The molecule has 15 heteroatoms. The predicted octanol–water partition coefficient (Wildman–Crippen LogP) is -2.40. The number of ether oxygens (including phenoxy) is 2. The van der Waals surface area contributed by atoms with E-state index in [4.69, 9.17) is 9.47 Å². The Morgan fingerprint density at radius 3 is 2.35 bits per heavy atom. The van der Waals surface area contributed by atoms with E-state index in [-0.39, 0.29) is 25.9 Å². The largest absolute Gasteiger partial charge is 0.396 e. The van der Waals surface area contributed by atoms with Gasteiger partial charge in [-0.3, -0.25) is 0 Å². The van der Waals surface area contributed by atoms with Gasteiger partial charge in [0.25, 0.3) is 5.09 Å². The van der Waals surface area contributed by atoms with Gasteiger partial charge in [0.05, 0.1) is 30.3 Å². The SMILES string of the molecule is CCCC(C(CCO)[SH](=O)=O)(C(CCO[N+](=O)[O-])[SH](=O)=O)[C@]1(O)CO[C@@H]2[C@@H](O)CO[C@@H]21. The first-order chi connectivity index (χ1) is 14.6. The average molecular weight is 492 g/mol. The zero-order chi connectivity index (χ0) is 23.4. The molecule has 182 valence electrons. The number of thiol groups is 2. The Morgan fingerprint density at radius 1 is 1.23 bits per heavy atom. The average Bonchev–Trinajstić information content (AvgIpc) is 3.23. The van der Waals surface area contributed by atoms with E-state index in [1.54, 1.807) is 6.92 Å². The smallest absolute Gasteiger partial charge is 0.294 e. The molecule has 0 radical (unpaired) electrons. The van der Waals surface area contributed by atoms with Crippen molar-refractivity contribution in [3.63, 3.8) is 0 Å². The van der Waals surface area contributed by atoms with Crippen molar-refractivity contribution in [1.29, 1.82) is 0 Å². The van der Waals surface area contributed by atoms with Gasteiger partial charge in [0, 0.05) is 12.0 Å². The number of hydrogen-bond donors (Lipinski definition) is 5. The second-order valence-corrected chi connectivity index (χ2v) is 10.2. The van der Waals surface area contributed by atoms with Crippen molar-refractivity contribution in [2.45, 2.75) is 67.0 Å². The third kappa shape index (κ3) is 4.82. The van der Waals surface area contributed by atoms with Gasteiger partial charge in [-0.25, -0.2) is 16.8 Å². The maximum absolute atomic E-state index is 12.4. The van der Waals surface area contributed by atoms with Gasteiger partial charge in [0.2, 0.25) is 0 Å². The Balaban J connectivity index is 2.69. The fraction of sp³-hybridized carbons (Fsp3) is 1.00. The van der Waals surface area contributed by atoms with E-state index < -0.39 is 92.6 Å². The van der Waals surface area contributed by atoms with Gasteiger partial charge in [-0.05, 0) is 19.3 Å². The molecule has 2 fully saturated rings. The molecule has 0 aromatic carbocycles. The maximum atomic E-state index is 12.4. The molecule has 2 heterocycles. The van der Waals surface area contributed by atoms with E-state index >= 15 is 0 Å². The Kier molecular flexibility index (Phi) is 9.01. The van der Waals surface area contributed by atoms with Gasteiger partial charge >= 0.3 is 0 Å². The van der Waals surface area contributed by atoms with Crippen LogP contribution in [0.15, 0.2) is 0 Å². The molecule has 31 heavy (non-hydrogen) atoms. The number of aliphatic hydroxyl groups excluding tert-OH is 2. The zero-order valence-corrected chi connectivity index (χ0v) is 18.7. The Labute approximate surface area is 182 Å². The third-order valence-corrected chi connectivity index (χ3v) is 8.70. The molecule has 0 aromatic rings. The Morgan fingerprint density at radius 2 is 1.84 bits per heavy atom. The van der Waals surface area contributed by atoms with E-state index in [2.05, 4.69) is 4.84 Å². The van der Waals surface area contributed by atoms with Gasteiger partial charge in [-0.1, -0.05) is 13.3 Å². The summed E-state index contributed by atoms with van der Waals surface area (Å²) in [6, 6.07) is 0. The molecule has 13 nitrogen and oxygen atoms in total. The molecular weight excluding hydrogens is 462 g/mol. The molecule has 2 rings (SSSR count). The van der Waals surface area contributed by atoms with Crippen LogP contribution in [0.3, 0.4) is 0 Å². The minimum absolute atomic E-state index is 0.129. The first-order valence-corrected chi connectivity index (χ1v) is 12.3. The maximum Gasteiger partial charge on any atom is 0.294 e. The summed E-state index contributed by atoms with van der Waals surface area (Å²) in [5.41, 5.74) is -4.12. The number of fused-ring (bicyclic) bond motifs is 1. The van der Waals surface area contributed by atoms with Crippen molar-refractivity contribution in [2.75, 3.05) is 26.4 Å². The fourth-order valence-electron chi connectivity index (χ4n) is 5.13. The second-order valence-electron chi connectivity index (χ2n) is 7.77. The first kappa shape index (κ1) is 26.2. The van der Waals surface area contributed by atoms with Gasteiger partial charge in [0.1, 0.15) is 45.3 Å². The van der Waals surface area contributed by atoms with Crippen LogP contribution in [0.2, 0.25) is 0 Å². The number of nitrogens with zero attached hydrogens (tertiary/aromatic N) is 1. The highest BCUT2D eigenvalue weighted by Gasteiger charge is 2.69. The first-order valence-electron chi connectivity index (χ1n) is 9.85. The summed E-state index contributed by atoms with van der Waals surface area (Å²) in [7, 11) is -6.79. The van der Waals surface area contributed by atoms with Crippen LogP contribution in [0.4, 0.5) is 0 Å². The highest BCUT2D eigenvalue weighted by Crippen LogP contribution is 2.54. The summed E-state index contributed by atoms with van der Waals surface area (Å²) < 4.78 is 60.5. The van der Waals surface area contributed by atoms with Crippen LogP contribution < -0.4 is 0 Å². The molecule has 0 aliphatic carbocycles. The van der Waals surface area contributed by atoms with Gasteiger partial charge in [-0.15, -0.1) is 10.1 Å². The highest BCUT2D eigenvalue weighted by molar-refractivity contribution is 7.74. The van der Waals surface area contributed by atoms with Gasteiger partial charge < -0.3 is 29.6 Å². The number of hydrogen-bond acceptors (Lipinski definition) is 12. The van der Waals surface area contributed by atoms with Crippen molar-refractivity contribution in [2.24, 2.45) is 5.41 Å². The quantitative estimate of drug-likeness (QED) is 0.104. The summed E-state index contributed by atoms with van der Waals surface area (Å²) >= 11 is 0. The Bertz CT molecular complexity index is 773. The third-order valence-electron chi connectivity index (χ3n) is 6.25. The lowest BCUT2D eigenvalue weighted by Gasteiger charge is -2.52. The van der Waals surface area contributed by atoms with Crippen LogP contribution in [0.1, 0.15) is 32.6 Å². The van der Waals surface area contributed by atoms with Crippen LogP contribution in [-0.4, -0.2) is 98.1 Å². The van der Waals surface area contributed by atoms with Crippen LogP contribution in [-0.2, 0) is 35.7 Å². The summed E-state index contributed by atoms with van der Waals surface area (Å²) in [5, 5.41) is 37.8. The van der Waals surface area contributed by atoms with Crippen LogP contribution >= 0.6 is 0 Å². The molecule has 2 saturated heterocycles. The standard InChI is InChI=1S/C16H29NO12S2/c1-2-5-15(11(3-6-18)30(23)24,12(31(25)26)4-7-29-17(21)22)16(20)9-28-13-10(19)8-27-14(13)16/h10-14,18-20,30-31H,2-9H2,1H3/t10-,11?,12?,13+,14-,15?,16-/m0/s1. The van der Waals surface area contributed by atoms with Crippen molar-refractivity contribution in [3.05, 3.63) is 10.1 Å². The van der Waals surface area contributed by atoms with Crippen LogP contribution in [0, 0.1) is 15.5 Å². The predicted molar refractivity (Wildman–Crippen MR) is 105 cm³/mol. The molecule has 3 unspecified atom stereocenters. The van der Waals surface area contributed by atoms with Gasteiger partial charge in [-0.2, -0.15) is 0 Å². The van der Waals surface area contributed by atoms with E-state index in [9.17, 15) is 42.3 Å². The van der Waals surface area contributed by atoms with Crippen LogP contribution in [0.25, 0.3) is 0 Å². The highest BCUT2D eigenvalue weighted by atomic mass is 32.2. The zero-order valence-electron chi connectivity index (χ0n) is 16.9. The lowest BCUT2D eigenvalue weighted by atomic mass is 9.61. The van der Waals surface area contributed by atoms with Crippen molar-refractivity contribution in [1.82, 2.24) is 0 Å². The molecule has 0 aromatic heterocycles. The molecule has 0 amide bonds. The topological polar surface area (TPSA) is 200 Å². The molecule has 0 saturated carbocycles. The normalized spacial score (nSPS) is 32.0. The lowest BCUT2D eigenvalue weighted by Crippen LogP contribution is -2.67. The summed E-state index contributed by atoms with van der Waals surface area (Å²) in [5.74, 6) is 0. The van der Waals surface area contributed by atoms with Crippen LogP contribution in [0.5, 0.6) is 0 Å². The summed E-state index contributed by atoms with van der Waals surface area (Å²) in [6.45, 7) is -0.316. The molecule has 3 N–H and O–H groups in total. The van der Waals surface area contributed by atoms with E-state index in [1.807, 2.05) is 0 Å². The van der Waals surface area contributed by atoms with Gasteiger partial charge in [0.15, 0.2) is 0 Å². The second kappa shape index (κ2) is 10.7. The number of rotatable bonds is 13. The number of aliphatic hydroxyl groups is 3. The van der Waals surface area contributed by atoms with E-state index in [0.717, 1.165) is 0 Å². The van der Waals surface area contributed by atoms with E-state index in [1.165, 1.54) is 0 Å². The molecule has 7 atom stereocenters. The van der Waals surface area contributed by atoms with Crippen molar-refractivity contribution < 1.29 is 51.6 Å². The van der Waals surface area contributed by atoms with E-state index in [0.29, 0.717) is 0 Å². The summed E-state index contributed by atoms with van der Waals surface area (Å²) in [6.07, 6.45) is -4.07. The summed E-state index contributed by atoms with van der Waals surface area (Å²) in [4.78, 5) is 14.8. The molecule has 0 spiro atoms. The minimum atomic E-state index is -3.42. The lowest BCUT2D eigenvalue weighted by molar-refractivity contribution is -0.757. The Hall–Kier alpha value is -1.10. The monoisotopic (exact) mass is 491 g/mol. The molecule has 2 aliphatic rings. The minimum Gasteiger partial charge on any atom is -0.396 e. The molecule has 0 bridgehead atoms. The fourth-order valence-corrected chi connectivity index (χ4v) is 7.71.